The summed E-state index contributed by atoms with van der Waals surface area (Å²) in [5.41, 5.74) is 2.19. The SMILES string of the molecule is CCc1nc(OC)c(CN[C@H]2CCCN[C@H]2c2ccccc2)c(OC(C)C)n1.Cl.Cl. The van der Waals surface area contributed by atoms with Crippen LogP contribution in [0.2, 0.25) is 0 Å². The molecule has 3 rings (SSSR count). The zero-order chi connectivity index (χ0) is 19.9. The Morgan fingerprint density at radius 3 is 2.47 bits per heavy atom. The van der Waals surface area contributed by atoms with Crippen LogP contribution in [-0.4, -0.2) is 35.8 Å². The number of rotatable bonds is 8. The molecule has 8 heteroatoms. The Hall–Kier alpha value is -1.60. The van der Waals surface area contributed by atoms with Gasteiger partial charge in [0, 0.05) is 25.0 Å². The summed E-state index contributed by atoms with van der Waals surface area (Å²) >= 11 is 0. The highest BCUT2D eigenvalue weighted by atomic mass is 35.5. The Balaban J connectivity index is 0.00000225. The zero-order valence-electron chi connectivity index (χ0n) is 18.2. The molecule has 1 aliphatic rings. The third-order valence-corrected chi connectivity index (χ3v) is 4.99. The number of methoxy groups -OCH3 is 1. The van der Waals surface area contributed by atoms with E-state index in [1.165, 1.54) is 5.56 Å². The maximum Gasteiger partial charge on any atom is 0.225 e. The van der Waals surface area contributed by atoms with Crippen molar-refractivity contribution < 1.29 is 9.47 Å². The lowest BCUT2D eigenvalue weighted by molar-refractivity contribution is 0.224. The van der Waals surface area contributed by atoms with Gasteiger partial charge in [-0.3, -0.25) is 0 Å². The van der Waals surface area contributed by atoms with Crippen molar-refractivity contribution in [1.82, 2.24) is 20.6 Å². The van der Waals surface area contributed by atoms with Gasteiger partial charge in [0.25, 0.3) is 0 Å². The maximum absolute atomic E-state index is 5.99. The molecular formula is C22H34Cl2N4O2. The molecule has 2 aromatic rings. The van der Waals surface area contributed by atoms with E-state index in [0.29, 0.717) is 24.3 Å². The summed E-state index contributed by atoms with van der Waals surface area (Å²) in [6.45, 7) is 7.69. The van der Waals surface area contributed by atoms with Gasteiger partial charge in [-0.15, -0.1) is 24.8 Å². The summed E-state index contributed by atoms with van der Waals surface area (Å²) in [6.07, 6.45) is 3.04. The van der Waals surface area contributed by atoms with E-state index in [0.717, 1.165) is 37.2 Å². The molecule has 0 spiro atoms. The normalized spacial score (nSPS) is 18.3. The van der Waals surface area contributed by atoms with E-state index in [4.69, 9.17) is 9.47 Å². The molecule has 1 aliphatic heterocycles. The highest BCUT2D eigenvalue weighted by Crippen LogP contribution is 2.28. The van der Waals surface area contributed by atoms with Crippen LogP contribution < -0.4 is 20.1 Å². The monoisotopic (exact) mass is 456 g/mol. The van der Waals surface area contributed by atoms with Crippen LogP contribution in [-0.2, 0) is 13.0 Å². The van der Waals surface area contributed by atoms with Crippen molar-refractivity contribution in [3.8, 4) is 11.8 Å². The zero-order valence-corrected chi connectivity index (χ0v) is 19.8. The van der Waals surface area contributed by atoms with Crippen LogP contribution in [0.15, 0.2) is 30.3 Å². The van der Waals surface area contributed by atoms with Crippen LogP contribution >= 0.6 is 24.8 Å². The minimum atomic E-state index is 0. The highest BCUT2D eigenvalue weighted by molar-refractivity contribution is 5.85. The number of ether oxygens (including phenoxy) is 2. The van der Waals surface area contributed by atoms with Gasteiger partial charge in [0.2, 0.25) is 11.8 Å². The molecule has 2 heterocycles. The average Bonchev–Trinajstić information content (AvgIpc) is 2.72. The molecule has 0 saturated carbocycles. The van der Waals surface area contributed by atoms with E-state index in [2.05, 4.69) is 50.9 Å². The average molecular weight is 457 g/mol. The number of nitrogens with zero attached hydrogens (tertiary/aromatic N) is 2. The third kappa shape index (κ3) is 6.71. The van der Waals surface area contributed by atoms with Crippen molar-refractivity contribution in [3.05, 3.63) is 47.3 Å². The third-order valence-electron chi connectivity index (χ3n) is 4.99. The topological polar surface area (TPSA) is 68.3 Å². The van der Waals surface area contributed by atoms with Crippen molar-refractivity contribution in [2.45, 2.75) is 64.8 Å². The molecular weight excluding hydrogens is 423 g/mol. The smallest absolute Gasteiger partial charge is 0.225 e. The molecule has 0 amide bonds. The second-order valence-corrected chi connectivity index (χ2v) is 7.43. The standard InChI is InChI=1S/C22H32N4O2.2ClH/c1-5-19-25-21(27-4)17(22(26-19)28-15(2)3)14-24-18-12-9-13-23-20(18)16-10-7-6-8-11-16;;/h6-8,10-11,15,18,20,23-24H,5,9,12-14H2,1-4H3;2*1H/t18-,20-;;/m0../s1. The van der Waals surface area contributed by atoms with Crippen molar-refractivity contribution in [3.63, 3.8) is 0 Å². The van der Waals surface area contributed by atoms with Gasteiger partial charge in [-0.2, -0.15) is 9.97 Å². The van der Waals surface area contributed by atoms with Gasteiger partial charge >= 0.3 is 0 Å². The van der Waals surface area contributed by atoms with Gasteiger partial charge in [-0.05, 0) is 38.8 Å². The van der Waals surface area contributed by atoms with Gasteiger partial charge < -0.3 is 20.1 Å². The molecule has 1 fully saturated rings. The fraction of sp³-hybridized carbons (Fsp3) is 0.545. The Kier molecular flexibility index (Phi) is 11.4. The predicted octanol–water partition coefficient (Wildman–Crippen LogP) is 4.26. The summed E-state index contributed by atoms with van der Waals surface area (Å²) in [5.74, 6) is 1.94. The Labute approximate surface area is 192 Å². The fourth-order valence-corrected chi connectivity index (χ4v) is 3.64. The van der Waals surface area contributed by atoms with Crippen molar-refractivity contribution >= 4 is 24.8 Å². The lowest BCUT2D eigenvalue weighted by atomic mass is 9.92. The lowest BCUT2D eigenvalue weighted by Gasteiger charge is -2.34. The molecule has 0 unspecified atom stereocenters. The molecule has 6 nitrogen and oxygen atoms in total. The first kappa shape index (κ1) is 26.4. The predicted molar refractivity (Wildman–Crippen MR) is 125 cm³/mol. The number of halogens is 2. The summed E-state index contributed by atoms with van der Waals surface area (Å²) in [5, 5.41) is 7.37. The van der Waals surface area contributed by atoms with Gasteiger partial charge in [0.15, 0.2) is 0 Å². The van der Waals surface area contributed by atoms with Crippen molar-refractivity contribution in [1.29, 1.82) is 0 Å². The van der Waals surface area contributed by atoms with E-state index in [1.807, 2.05) is 20.8 Å². The highest BCUT2D eigenvalue weighted by Gasteiger charge is 2.27. The molecule has 1 aromatic heterocycles. The van der Waals surface area contributed by atoms with Gasteiger partial charge in [0.05, 0.1) is 18.8 Å². The first-order valence-corrected chi connectivity index (χ1v) is 10.2. The summed E-state index contributed by atoms with van der Waals surface area (Å²) in [6, 6.07) is 11.2. The van der Waals surface area contributed by atoms with Crippen LogP contribution in [0.3, 0.4) is 0 Å². The number of aryl methyl sites for hydroxylation is 1. The van der Waals surface area contributed by atoms with Crippen molar-refractivity contribution in [2.24, 2.45) is 0 Å². The molecule has 0 aliphatic carbocycles. The summed E-state index contributed by atoms with van der Waals surface area (Å²) in [4.78, 5) is 9.16. The quantitative estimate of drug-likeness (QED) is 0.618. The number of nitrogens with one attached hydrogen (secondary N) is 2. The Morgan fingerprint density at radius 1 is 1.13 bits per heavy atom. The molecule has 0 bridgehead atoms. The molecule has 2 N–H and O–H groups in total. The van der Waals surface area contributed by atoms with Gasteiger partial charge in [-0.1, -0.05) is 37.3 Å². The number of aromatic nitrogens is 2. The number of hydrogen-bond acceptors (Lipinski definition) is 6. The molecule has 1 saturated heterocycles. The van der Waals surface area contributed by atoms with Crippen LogP contribution in [0.1, 0.15) is 56.6 Å². The molecule has 168 valence electrons. The second kappa shape index (κ2) is 13.0. The Bertz CT molecular complexity index is 762. The second-order valence-electron chi connectivity index (χ2n) is 7.43. The lowest BCUT2D eigenvalue weighted by Crippen LogP contribution is -2.45. The molecule has 30 heavy (non-hydrogen) atoms. The molecule has 0 radical (unpaired) electrons. The maximum atomic E-state index is 5.99. The minimum absolute atomic E-state index is 0. The van der Waals surface area contributed by atoms with Crippen LogP contribution in [0.5, 0.6) is 11.8 Å². The minimum Gasteiger partial charge on any atom is -0.481 e. The van der Waals surface area contributed by atoms with E-state index in [9.17, 15) is 0 Å². The van der Waals surface area contributed by atoms with Gasteiger partial charge in [-0.25, -0.2) is 0 Å². The van der Waals surface area contributed by atoms with Crippen LogP contribution in [0, 0.1) is 0 Å². The number of piperidine rings is 1. The molecule has 1 aromatic carbocycles. The van der Waals surface area contributed by atoms with E-state index < -0.39 is 0 Å². The van der Waals surface area contributed by atoms with Crippen LogP contribution in [0.4, 0.5) is 0 Å². The summed E-state index contributed by atoms with van der Waals surface area (Å²) in [7, 11) is 1.65. The van der Waals surface area contributed by atoms with Crippen molar-refractivity contribution in [2.75, 3.05) is 13.7 Å². The number of benzene rings is 1. The Morgan fingerprint density at radius 2 is 1.83 bits per heavy atom. The summed E-state index contributed by atoms with van der Waals surface area (Å²) < 4.78 is 11.6. The van der Waals surface area contributed by atoms with E-state index in [-0.39, 0.29) is 37.0 Å². The first-order valence-electron chi connectivity index (χ1n) is 10.2. The van der Waals surface area contributed by atoms with Gasteiger partial charge in [0.1, 0.15) is 5.82 Å². The fourth-order valence-electron chi connectivity index (χ4n) is 3.64. The largest absolute Gasteiger partial charge is 0.481 e. The van der Waals surface area contributed by atoms with Crippen LogP contribution in [0.25, 0.3) is 0 Å². The number of hydrogen-bond donors (Lipinski definition) is 2. The molecule has 2 atom stereocenters. The first-order chi connectivity index (χ1) is 13.6. The van der Waals surface area contributed by atoms with E-state index >= 15 is 0 Å². The van der Waals surface area contributed by atoms with E-state index in [1.54, 1.807) is 7.11 Å².